The van der Waals surface area contributed by atoms with Crippen molar-refractivity contribution in [2.75, 3.05) is 5.32 Å². The second-order valence-corrected chi connectivity index (χ2v) is 6.24. The van der Waals surface area contributed by atoms with Crippen molar-refractivity contribution >= 4 is 39.1 Å². The number of amides is 1. The number of hydrogen-bond acceptors (Lipinski definition) is 1. The van der Waals surface area contributed by atoms with E-state index in [1.54, 1.807) is 0 Å². The summed E-state index contributed by atoms with van der Waals surface area (Å²) < 4.78 is 13.5. The zero-order valence-electron chi connectivity index (χ0n) is 9.48. The van der Waals surface area contributed by atoms with Gasteiger partial charge in [-0.15, -0.1) is 0 Å². The maximum Gasteiger partial charge on any atom is 0.228 e. The van der Waals surface area contributed by atoms with Gasteiger partial charge < -0.3 is 5.32 Å². The van der Waals surface area contributed by atoms with Crippen LogP contribution in [0.4, 0.5) is 10.1 Å². The lowest BCUT2D eigenvalue weighted by molar-refractivity contribution is -0.118. The normalized spacial score (nSPS) is 21.1. The highest BCUT2D eigenvalue weighted by molar-refractivity contribution is 9.10. The van der Waals surface area contributed by atoms with Crippen LogP contribution in [0.3, 0.4) is 0 Å². The molecule has 1 fully saturated rings. The van der Waals surface area contributed by atoms with Gasteiger partial charge in [-0.2, -0.15) is 0 Å². The molecule has 92 valence electrons. The summed E-state index contributed by atoms with van der Waals surface area (Å²) in [7, 11) is 0. The Kier molecular flexibility index (Phi) is 3.21. The van der Waals surface area contributed by atoms with Gasteiger partial charge in [0.25, 0.3) is 0 Å². The van der Waals surface area contributed by atoms with Crippen LogP contribution in [0.15, 0.2) is 16.6 Å². The third-order valence-corrected chi connectivity index (χ3v) is 4.01. The molecule has 0 aromatic heterocycles. The molecule has 2 rings (SSSR count). The SMILES string of the molecule is CC1(C)CC1C(=O)Nc1c(Cl)cc(F)cc1Br. The molecule has 1 N–H and O–H groups in total. The maximum atomic E-state index is 13.0. The molecule has 1 aromatic rings. The highest BCUT2D eigenvalue weighted by Gasteiger charge is 2.50. The van der Waals surface area contributed by atoms with Gasteiger partial charge in [0.1, 0.15) is 5.82 Å². The van der Waals surface area contributed by atoms with Crippen molar-refractivity contribution in [2.45, 2.75) is 20.3 Å². The first-order valence-corrected chi connectivity index (χ1v) is 6.44. The third-order valence-electron chi connectivity index (χ3n) is 3.08. The van der Waals surface area contributed by atoms with Crippen LogP contribution in [0.1, 0.15) is 20.3 Å². The summed E-state index contributed by atoms with van der Waals surface area (Å²) in [6.07, 6.45) is 0.870. The molecule has 1 aliphatic carbocycles. The number of anilines is 1. The number of hydrogen-bond donors (Lipinski definition) is 1. The molecule has 1 saturated carbocycles. The lowest BCUT2D eigenvalue weighted by Gasteiger charge is -2.10. The van der Waals surface area contributed by atoms with E-state index in [0.717, 1.165) is 6.42 Å². The second kappa shape index (κ2) is 4.25. The van der Waals surface area contributed by atoms with Gasteiger partial charge in [0.15, 0.2) is 0 Å². The van der Waals surface area contributed by atoms with Gasteiger partial charge in [-0.25, -0.2) is 4.39 Å². The predicted octanol–water partition coefficient (Wildman–Crippen LogP) is 4.23. The van der Waals surface area contributed by atoms with Gasteiger partial charge in [0.05, 0.1) is 10.7 Å². The van der Waals surface area contributed by atoms with E-state index in [4.69, 9.17) is 11.6 Å². The largest absolute Gasteiger partial charge is 0.324 e. The molecule has 17 heavy (non-hydrogen) atoms. The molecule has 0 saturated heterocycles. The first kappa shape index (κ1) is 12.8. The van der Waals surface area contributed by atoms with E-state index < -0.39 is 5.82 Å². The minimum atomic E-state index is -0.438. The minimum absolute atomic E-state index is 0.00974. The Bertz CT molecular complexity index is 466. The lowest BCUT2D eigenvalue weighted by atomic mass is 10.1. The van der Waals surface area contributed by atoms with Gasteiger partial charge in [0.2, 0.25) is 5.91 Å². The standard InChI is InChI=1S/C12H12BrClFNO/c1-12(2)5-7(12)11(17)16-10-8(13)3-6(15)4-9(10)14/h3-4,7H,5H2,1-2H3,(H,16,17). The van der Waals surface area contributed by atoms with Crippen LogP contribution < -0.4 is 5.32 Å². The van der Waals surface area contributed by atoms with Gasteiger partial charge in [-0.1, -0.05) is 25.4 Å². The average molecular weight is 321 g/mol. The summed E-state index contributed by atoms with van der Waals surface area (Å²) in [5.41, 5.74) is 0.490. The number of nitrogens with one attached hydrogen (secondary N) is 1. The van der Waals surface area contributed by atoms with Crippen LogP contribution in [0.25, 0.3) is 0 Å². The van der Waals surface area contributed by atoms with Gasteiger partial charge in [-0.3, -0.25) is 4.79 Å². The van der Waals surface area contributed by atoms with Crippen molar-refractivity contribution < 1.29 is 9.18 Å². The summed E-state index contributed by atoms with van der Waals surface area (Å²) in [5.74, 6) is -0.494. The van der Waals surface area contributed by atoms with Crippen molar-refractivity contribution in [3.8, 4) is 0 Å². The molecule has 0 heterocycles. The molecule has 2 nitrogen and oxygen atoms in total. The van der Waals surface area contributed by atoms with Crippen molar-refractivity contribution in [1.29, 1.82) is 0 Å². The molecule has 0 bridgehead atoms. The smallest absolute Gasteiger partial charge is 0.228 e. The second-order valence-electron chi connectivity index (χ2n) is 4.98. The van der Waals surface area contributed by atoms with Gasteiger partial charge in [-0.05, 0) is 39.9 Å². The highest BCUT2D eigenvalue weighted by atomic mass is 79.9. The number of halogens is 3. The van der Waals surface area contributed by atoms with E-state index in [9.17, 15) is 9.18 Å². The monoisotopic (exact) mass is 319 g/mol. The lowest BCUT2D eigenvalue weighted by Crippen LogP contribution is -2.17. The average Bonchev–Trinajstić information content (AvgIpc) is 2.81. The Balaban J connectivity index is 2.17. The molecule has 0 aliphatic heterocycles. The van der Waals surface area contributed by atoms with E-state index in [-0.39, 0.29) is 22.3 Å². The summed E-state index contributed by atoms with van der Waals surface area (Å²) in [6, 6.07) is 2.46. The van der Waals surface area contributed by atoms with E-state index in [1.807, 2.05) is 13.8 Å². The first-order valence-electron chi connectivity index (χ1n) is 5.26. The van der Waals surface area contributed by atoms with E-state index in [1.165, 1.54) is 12.1 Å². The van der Waals surface area contributed by atoms with Crippen LogP contribution in [0.2, 0.25) is 5.02 Å². The fourth-order valence-electron chi connectivity index (χ4n) is 1.79. The molecule has 0 radical (unpaired) electrons. The maximum absolute atomic E-state index is 13.0. The zero-order chi connectivity index (χ0) is 12.8. The Morgan fingerprint density at radius 1 is 1.59 bits per heavy atom. The van der Waals surface area contributed by atoms with Crippen LogP contribution in [0.5, 0.6) is 0 Å². The molecule has 1 amide bonds. The Morgan fingerprint density at radius 3 is 2.65 bits per heavy atom. The minimum Gasteiger partial charge on any atom is -0.324 e. The third kappa shape index (κ3) is 2.63. The van der Waals surface area contributed by atoms with Crippen molar-refractivity contribution in [3.63, 3.8) is 0 Å². The van der Waals surface area contributed by atoms with Gasteiger partial charge in [0, 0.05) is 10.4 Å². The Morgan fingerprint density at radius 2 is 2.18 bits per heavy atom. The van der Waals surface area contributed by atoms with Crippen LogP contribution in [-0.2, 0) is 4.79 Å². The molecule has 1 atom stereocenters. The Hall–Kier alpha value is -0.610. The molecule has 0 spiro atoms. The first-order chi connectivity index (χ1) is 7.81. The molecular weight excluding hydrogens is 308 g/mol. The number of benzene rings is 1. The summed E-state index contributed by atoms with van der Waals surface area (Å²) >= 11 is 9.08. The molecular formula is C12H12BrClFNO. The molecule has 5 heteroatoms. The highest BCUT2D eigenvalue weighted by Crippen LogP contribution is 2.52. The quantitative estimate of drug-likeness (QED) is 0.868. The molecule has 1 unspecified atom stereocenters. The van der Waals surface area contributed by atoms with Crippen molar-refractivity contribution in [2.24, 2.45) is 11.3 Å². The van der Waals surface area contributed by atoms with Crippen molar-refractivity contribution in [1.82, 2.24) is 0 Å². The number of carbonyl (C=O) groups excluding carboxylic acids is 1. The van der Waals surface area contributed by atoms with Crippen LogP contribution >= 0.6 is 27.5 Å². The summed E-state index contributed by atoms with van der Waals surface area (Å²) in [4.78, 5) is 11.9. The molecule has 1 aliphatic rings. The van der Waals surface area contributed by atoms with Crippen molar-refractivity contribution in [3.05, 3.63) is 27.4 Å². The predicted molar refractivity (Wildman–Crippen MR) is 69.6 cm³/mol. The van der Waals surface area contributed by atoms with Crippen LogP contribution in [0, 0.1) is 17.2 Å². The van der Waals surface area contributed by atoms with E-state index >= 15 is 0 Å². The number of carbonyl (C=O) groups is 1. The zero-order valence-corrected chi connectivity index (χ0v) is 11.8. The topological polar surface area (TPSA) is 29.1 Å². The Labute approximate surface area is 113 Å². The summed E-state index contributed by atoms with van der Waals surface area (Å²) in [6.45, 7) is 4.08. The fourth-order valence-corrected chi connectivity index (χ4v) is 2.69. The number of rotatable bonds is 2. The summed E-state index contributed by atoms with van der Waals surface area (Å²) in [5, 5.41) is 2.94. The van der Waals surface area contributed by atoms with Crippen LogP contribution in [-0.4, -0.2) is 5.91 Å². The molecule has 1 aromatic carbocycles. The van der Waals surface area contributed by atoms with Gasteiger partial charge >= 0.3 is 0 Å². The van der Waals surface area contributed by atoms with E-state index in [0.29, 0.717) is 10.2 Å². The fraction of sp³-hybridized carbons (Fsp3) is 0.417. The van der Waals surface area contributed by atoms with E-state index in [2.05, 4.69) is 21.2 Å².